The number of hydrogen-bond donors (Lipinski definition) is 3. The second-order valence-corrected chi connectivity index (χ2v) is 8.96. The van der Waals surface area contributed by atoms with Crippen LogP contribution in [-0.4, -0.2) is 33.4 Å². The highest BCUT2D eigenvalue weighted by molar-refractivity contribution is 7.99. The summed E-state index contributed by atoms with van der Waals surface area (Å²) in [6.45, 7) is 2.19. The molecule has 3 heterocycles. The van der Waals surface area contributed by atoms with E-state index < -0.39 is 5.91 Å². The Kier molecular flexibility index (Phi) is 6.24. The zero-order valence-electron chi connectivity index (χ0n) is 18.0. The molecule has 0 radical (unpaired) electrons. The molecule has 0 saturated carbocycles. The molecule has 2 aromatic heterocycles. The molecule has 34 heavy (non-hydrogen) atoms. The first-order chi connectivity index (χ1) is 16.5. The van der Waals surface area contributed by atoms with E-state index in [1.165, 1.54) is 6.20 Å². The highest BCUT2D eigenvalue weighted by atomic mass is 35.5. The molecule has 0 spiro atoms. The number of amides is 1. The molecule has 3 N–H and O–H groups in total. The summed E-state index contributed by atoms with van der Waals surface area (Å²) in [5, 5.41) is 13.4. The number of hydrogen-bond acceptors (Lipinski definition) is 9. The maximum atomic E-state index is 12.6. The Morgan fingerprint density at radius 2 is 2.06 bits per heavy atom. The molecule has 172 valence electrons. The van der Waals surface area contributed by atoms with Crippen molar-refractivity contribution in [2.75, 3.05) is 28.3 Å². The van der Waals surface area contributed by atoms with Gasteiger partial charge in [0.1, 0.15) is 16.5 Å². The predicted octanol–water partition coefficient (Wildman–Crippen LogP) is 5.65. The molecule has 5 rings (SSSR count). The van der Waals surface area contributed by atoms with Gasteiger partial charge in [-0.3, -0.25) is 4.79 Å². The number of fused-ring (bicyclic) bond motifs is 6. The quantitative estimate of drug-likeness (QED) is 0.325. The molecular formula is C23H19ClN6O3S. The summed E-state index contributed by atoms with van der Waals surface area (Å²) in [6.07, 6.45) is 1.52. The summed E-state index contributed by atoms with van der Waals surface area (Å²) in [7, 11) is 0. The van der Waals surface area contributed by atoms with Crippen LogP contribution in [0.2, 0.25) is 5.02 Å². The van der Waals surface area contributed by atoms with Crippen molar-refractivity contribution < 1.29 is 14.1 Å². The monoisotopic (exact) mass is 494 g/mol. The smallest absolute Gasteiger partial charge is 0.277 e. The third-order valence-electron chi connectivity index (χ3n) is 4.74. The summed E-state index contributed by atoms with van der Waals surface area (Å²) >= 11 is 7.99. The van der Waals surface area contributed by atoms with Crippen LogP contribution in [0.1, 0.15) is 16.2 Å². The minimum absolute atomic E-state index is 0.187. The van der Waals surface area contributed by atoms with Gasteiger partial charge in [0.15, 0.2) is 11.5 Å². The number of thioether (sulfide) groups is 1. The molecule has 0 atom stereocenters. The number of nitrogens with zero attached hydrogens (tertiary/aromatic N) is 3. The summed E-state index contributed by atoms with van der Waals surface area (Å²) < 4.78 is 11.0. The van der Waals surface area contributed by atoms with Crippen molar-refractivity contribution in [3.05, 3.63) is 71.2 Å². The van der Waals surface area contributed by atoms with Crippen LogP contribution in [0.5, 0.6) is 5.75 Å². The predicted molar refractivity (Wildman–Crippen MR) is 132 cm³/mol. The number of aryl methyl sites for hydroxylation is 1. The first-order valence-electron chi connectivity index (χ1n) is 10.3. The molecule has 1 amide bonds. The van der Waals surface area contributed by atoms with Crippen LogP contribution in [0, 0.1) is 6.92 Å². The van der Waals surface area contributed by atoms with Gasteiger partial charge in [0.05, 0.1) is 12.8 Å². The van der Waals surface area contributed by atoms with Crippen molar-refractivity contribution in [2.24, 2.45) is 0 Å². The largest absolute Gasteiger partial charge is 0.493 e. The molecule has 4 aromatic rings. The van der Waals surface area contributed by atoms with Gasteiger partial charge in [0.2, 0.25) is 5.95 Å². The fourth-order valence-corrected chi connectivity index (χ4v) is 4.18. The topological polar surface area (TPSA) is 114 Å². The fourth-order valence-electron chi connectivity index (χ4n) is 3.26. The summed E-state index contributed by atoms with van der Waals surface area (Å²) in [4.78, 5) is 22.4. The lowest BCUT2D eigenvalue weighted by Crippen LogP contribution is -2.12. The SMILES string of the molecule is Cc1cc(C(=O)Nc2cc3cc(c2)OCCSc2cccc(c2)Nc2nc(ncc2Cl)N3)no1. The first kappa shape index (κ1) is 22.1. The van der Waals surface area contributed by atoms with Gasteiger partial charge in [-0.25, -0.2) is 4.98 Å². The minimum atomic E-state index is -0.394. The Hall–Kier alpha value is -3.76. The molecule has 0 aliphatic carbocycles. The zero-order valence-corrected chi connectivity index (χ0v) is 19.5. The Bertz CT molecular complexity index is 1360. The number of rotatable bonds is 2. The van der Waals surface area contributed by atoms with Crippen LogP contribution in [-0.2, 0) is 0 Å². The molecule has 1 aliphatic rings. The summed E-state index contributed by atoms with van der Waals surface area (Å²) in [6, 6.07) is 14.8. The lowest BCUT2D eigenvalue weighted by molar-refractivity contribution is 0.101. The molecule has 0 saturated heterocycles. The fraction of sp³-hybridized carbons (Fsp3) is 0.130. The lowest BCUT2D eigenvalue weighted by atomic mass is 10.2. The number of nitrogens with one attached hydrogen (secondary N) is 3. The average molecular weight is 495 g/mol. The van der Waals surface area contributed by atoms with Gasteiger partial charge in [-0.05, 0) is 31.2 Å². The van der Waals surface area contributed by atoms with Crippen molar-refractivity contribution in [1.82, 2.24) is 15.1 Å². The number of ether oxygens (including phenoxy) is 1. The van der Waals surface area contributed by atoms with E-state index in [1.807, 2.05) is 30.3 Å². The van der Waals surface area contributed by atoms with Crippen LogP contribution < -0.4 is 20.7 Å². The van der Waals surface area contributed by atoms with Crippen LogP contribution in [0.25, 0.3) is 0 Å². The molecule has 2 aromatic carbocycles. The normalized spacial score (nSPS) is 12.9. The first-order valence-corrected chi connectivity index (χ1v) is 11.7. The van der Waals surface area contributed by atoms with Crippen molar-refractivity contribution in [1.29, 1.82) is 0 Å². The van der Waals surface area contributed by atoms with Gasteiger partial charge in [0, 0.05) is 45.9 Å². The number of halogens is 1. The summed E-state index contributed by atoms with van der Waals surface area (Å²) in [5.74, 6) is 2.26. The van der Waals surface area contributed by atoms with Crippen LogP contribution in [0.3, 0.4) is 0 Å². The number of anilines is 5. The standard InChI is InChI=1S/C23H19ClN6O3S/c1-13-7-20(30-33-13)22(31)27-15-8-16-10-17(9-15)32-5-6-34-18-4-2-3-14(11-18)26-21-19(24)12-25-23(28-16)29-21/h2-4,7-12H,5-6H2,1H3,(H,27,31)(H2,25,26,28,29). The Morgan fingerprint density at radius 3 is 2.91 bits per heavy atom. The Morgan fingerprint density at radius 1 is 1.15 bits per heavy atom. The van der Waals surface area contributed by atoms with Crippen molar-refractivity contribution in [3.8, 4) is 5.75 Å². The number of benzene rings is 2. The average Bonchev–Trinajstić information content (AvgIpc) is 3.25. The number of aromatic nitrogens is 3. The molecule has 9 nitrogen and oxygen atoms in total. The van der Waals surface area contributed by atoms with Crippen molar-refractivity contribution in [2.45, 2.75) is 11.8 Å². The van der Waals surface area contributed by atoms with Gasteiger partial charge >= 0.3 is 0 Å². The van der Waals surface area contributed by atoms with E-state index in [9.17, 15) is 4.79 Å². The van der Waals surface area contributed by atoms with E-state index >= 15 is 0 Å². The van der Waals surface area contributed by atoms with E-state index in [-0.39, 0.29) is 5.69 Å². The van der Waals surface area contributed by atoms with Crippen LogP contribution >= 0.6 is 23.4 Å². The van der Waals surface area contributed by atoms with E-state index in [2.05, 4.69) is 31.1 Å². The highest BCUT2D eigenvalue weighted by Crippen LogP contribution is 2.31. The molecule has 11 heteroatoms. The van der Waals surface area contributed by atoms with Crippen LogP contribution in [0.4, 0.5) is 28.8 Å². The van der Waals surface area contributed by atoms with Crippen molar-refractivity contribution >= 4 is 58.1 Å². The third kappa shape index (κ3) is 5.24. The maximum Gasteiger partial charge on any atom is 0.277 e. The molecule has 0 fully saturated rings. The third-order valence-corrected chi connectivity index (χ3v) is 5.98. The second kappa shape index (κ2) is 9.62. The Labute approximate surface area is 204 Å². The lowest BCUT2D eigenvalue weighted by Gasteiger charge is -2.13. The van der Waals surface area contributed by atoms with E-state index in [0.717, 1.165) is 16.3 Å². The molecule has 1 aliphatic heterocycles. The maximum absolute atomic E-state index is 12.6. The molecule has 6 bridgehead atoms. The van der Waals surface area contributed by atoms with Gasteiger partial charge in [-0.15, -0.1) is 11.8 Å². The van der Waals surface area contributed by atoms with Gasteiger partial charge < -0.3 is 25.2 Å². The summed E-state index contributed by atoms with van der Waals surface area (Å²) in [5.41, 5.74) is 2.19. The highest BCUT2D eigenvalue weighted by Gasteiger charge is 2.14. The van der Waals surface area contributed by atoms with E-state index in [0.29, 0.717) is 46.3 Å². The van der Waals surface area contributed by atoms with Crippen LogP contribution in [0.15, 0.2) is 64.1 Å². The molecule has 0 unspecified atom stereocenters. The van der Waals surface area contributed by atoms with E-state index in [4.69, 9.17) is 20.9 Å². The number of carbonyl (C=O) groups is 1. The van der Waals surface area contributed by atoms with Gasteiger partial charge in [-0.1, -0.05) is 22.8 Å². The minimum Gasteiger partial charge on any atom is -0.493 e. The zero-order chi connectivity index (χ0) is 23.5. The Balaban J connectivity index is 1.47. The second-order valence-electron chi connectivity index (χ2n) is 7.39. The van der Waals surface area contributed by atoms with Gasteiger partial charge in [-0.2, -0.15) is 4.98 Å². The van der Waals surface area contributed by atoms with Gasteiger partial charge in [0.25, 0.3) is 5.91 Å². The van der Waals surface area contributed by atoms with Crippen molar-refractivity contribution in [3.63, 3.8) is 0 Å². The molecular weight excluding hydrogens is 476 g/mol. The van der Waals surface area contributed by atoms with E-state index in [1.54, 1.807) is 36.9 Å². The number of carbonyl (C=O) groups excluding carboxylic acids is 1.